The molecule has 2 aromatic rings. The highest BCUT2D eigenvalue weighted by atomic mass is 19.1. The molecule has 0 aliphatic heterocycles. The summed E-state index contributed by atoms with van der Waals surface area (Å²) in [5.74, 6) is -0.881. The number of aromatic amines is 1. The lowest BCUT2D eigenvalue weighted by molar-refractivity contribution is 0.0951. The fourth-order valence-corrected chi connectivity index (χ4v) is 2.16. The summed E-state index contributed by atoms with van der Waals surface area (Å²) in [5.41, 5.74) is 1.03. The zero-order chi connectivity index (χ0) is 17.5. The number of nitrogens with one attached hydrogen (secondary N) is 3. The summed E-state index contributed by atoms with van der Waals surface area (Å²) in [4.78, 5) is 26.2. The van der Waals surface area contributed by atoms with Crippen molar-refractivity contribution >= 4 is 17.3 Å². The first kappa shape index (κ1) is 17.7. The highest BCUT2D eigenvalue weighted by Crippen LogP contribution is 2.23. The number of aliphatic hydroxyl groups excluding tert-OH is 1. The second-order valence-corrected chi connectivity index (χ2v) is 5.25. The lowest BCUT2D eigenvalue weighted by atomic mass is 10.1. The van der Waals surface area contributed by atoms with Crippen LogP contribution in [0.25, 0.3) is 0 Å². The zero-order valence-corrected chi connectivity index (χ0v) is 13.4. The maximum Gasteiger partial charge on any atom is 0.254 e. The van der Waals surface area contributed by atoms with Gasteiger partial charge in [-0.1, -0.05) is 13.0 Å². The van der Waals surface area contributed by atoms with Gasteiger partial charge >= 0.3 is 0 Å². The molecule has 0 spiro atoms. The molecule has 1 heterocycles. The number of amides is 1. The number of hydrogen-bond donors (Lipinski definition) is 4. The van der Waals surface area contributed by atoms with E-state index in [1.165, 1.54) is 18.3 Å². The van der Waals surface area contributed by atoms with Gasteiger partial charge in [0.2, 0.25) is 5.56 Å². The van der Waals surface area contributed by atoms with Gasteiger partial charge in [0.15, 0.2) is 0 Å². The third-order valence-electron chi connectivity index (χ3n) is 3.50. The van der Waals surface area contributed by atoms with Crippen molar-refractivity contribution in [1.82, 2.24) is 10.3 Å². The van der Waals surface area contributed by atoms with Crippen LogP contribution < -0.4 is 16.2 Å². The second-order valence-electron chi connectivity index (χ2n) is 5.25. The molecule has 6 nitrogen and oxygen atoms in total. The monoisotopic (exact) mass is 333 g/mol. The first-order valence-corrected chi connectivity index (χ1v) is 7.72. The Morgan fingerprint density at radius 2 is 2.08 bits per heavy atom. The van der Waals surface area contributed by atoms with E-state index in [0.717, 1.165) is 5.56 Å². The number of aromatic nitrogens is 1. The van der Waals surface area contributed by atoms with Crippen LogP contribution in [0.3, 0.4) is 0 Å². The van der Waals surface area contributed by atoms with Crippen molar-refractivity contribution in [3.05, 3.63) is 57.8 Å². The Hall–Kier alpha value is -2.67. The molecule has 7 heteroatoms. The molecule has 0 fully saturated rings. The minimum atomic E-state index is -0.457. The molecule has 1 aromatic carbocycles. The maximum absolute atomic E-state index is 14.1. The number of pyridine rings is 1. The molecule has 0 unspecified atom stereocenters. The lowest BCUT2D eigenvalue weighted by Crippen LogP contribution is -2.26. The molecule has 0 saturated heterocycles. The quantitative estimate of drug-likeness (QED) is 0.583. The molecule has 0 atom stereocenters. The van der Waals surface area contributed by atoms with Gasteiger partial charge in [0.25, 0.3) is 5.91 Å². The van der Waals surface area contributed by atoms with E-state index in [0.29, 0.717) is 19.4 Å². The normalized spacial score (nSPS) is 10.5. The van der Waals surface area contributed by atoms with Crippen LogP contribution in [0.2, 0.25) is 0 Å². The summed E-state index contributed by atoms with van der Waals surface area (Å²) in [6, 6.07) is 5.97. The Balaban J connectivity index is 2.27. The Morgan fingerprint density at radius 3 is 2.75 bits per heavy atom. The van der Waals surface area contributed by atoms with Gasteiger partial charge in [0, 0.05) is 25.4 Å². The van der Waals surface area contributed by atoms with E-state index in [9.17, 15) is 14.0 Å². The van der Waals surface area contributed by atoms with E-state index in [1.807, 2.05) is 6.92 Å². The van der Waals surface area contributed by atoms with Gasteiger partial charge < -0.3 is 20.7 Å². The summed E-state index contributed by atoms with van der Waals surface area (Å²) in [6.45, 7) is 2.19. The SMILES string of the molecule is CCc1ccc(Nc2cc(=O)[nH]cc2C(=O)NCCCO)c(F)c1. The zero-order valence-electron chi connectivity index (χ0n) is 13.4. The number of anilines is 2. The number of rotatable bonds is 7. The number of halogens is 1. The molecular weight excluding hydrogens is 313 g/mol. The largest absolute Gasteiger partial charge is 0.396 e. The van der Waals surface area contributed by atoms with E-state index in [1.54, 1.807) is 12.1 Å². The van der Waals surface area contributed by atoms with Gasteiger partial charge in [-0.2, -0.15) is 0 Å². The third kappa shape index (κ3) is 4.42. The van der Waals surface area contributed by atoms with Gasteiger partial charge in [-0.25, -0.2) is 4.39 Å². The van der Waals surface area contributed by atoms with Gasteiger partial charge in [-0.05, 0) is 30.5 Å². The van der Waals surface area contributed by atoms with Crippen molar-refractivity contribution in [1.29, 1.82) is 0 Å². The lowest BCUT2D eigenvalue weighted by Gasteiger charge is -2.13. The molecule has 4 N–H and O–H groups in total. The number of carbonyl (C=O) groups is 1. The van der Waals surface area contributed by atoms with Gasteiger partial charge in [0.1, 0.15) is 5.82 Å². The molecule has 0 radical (unpaired) electrons. The molecule has 24 heavy (non-hydrogen) atoms. The van der Waals surface area contributed by atoms with Gasteiger partial charge in [-0.3, -0.25) is 9.59 Å². The number of benzene rings is 1. The van der Waals surface area contributed by atoms with Crippen LogP contribution in [-0.4, -0.2) is 29.1 Å². The Kier molecular flexibility index (Phi) is 6.08. The summed E-state index contributed by atoms with van der Waals surface area (Å²) >= 11 is 0. The van der Waals surface area contributed by atoms with Crippen LogP contribution >= 0.6 is 0 Å². The Labute approximate surface area is 138 Å². The first-order chi connectivity index (χ1) is 11.5. The summed E-state index contributed by atoms with van der Waals surface area (Å²) in [7, 11) is 0. The second kappa shape index (κ2) is 8.26. The Morgan fingerprint density at radius 1 is 1.29 bits per heavy atom. The van der Waals surface area contributed by atoms with E-state index in [2.05, 4.69) is 15.6 Å². The number of aryl methyl sites for hydroxylation is 1. The van der Waals surface area contributed by atoms with Gasteiger partial charge in [-0.15, -0.1) is 0 Å². The predicted molar refractivity (Wildman–Crippen MR) is 90.2 cm³/mol. The van der Waals surface area contributed by atoms with E-state index >= 15 is 0 Å². The minimum absolute atomic E-state index is 0.0357. The molecule has 0 saturated carbocycles. The molecule has 2 rings (SSSR count). The fourth-order valence-electron chi connectivity index (χ4n) is 2.16. The van der Waals surface area contributed by atoms with Crippen LogP contribution in [0.1, 0.15) is 29.3 Å². The number of H-pyrrole nitrogens is 1. The van der Waals surface area contributed by atoms with Crippen molar-refractivity contribution < 1.29 is 14.3 Å². The van der Waals surface area contributed by atoms with Crippen LogP contribution in [0.4, 0.5) is 15.8 Å². The predicted octanol–water partition coefficient (Wildman–Crippen LogP) is 1.93. The van der Waals surface area contributed by atoms with Crippen molar-refractivity contribution in [2.75, 3.05) is 18.5 Å². The van der Waals surface area contributed by atoms with E-state index in [-0.39, 0.29) is 23.5 Å². The highest BCUT2D eigenvalue weighted by Gasteiger charge is 2.13. The van der Waals surface area contributed by atoms with Crippen LogP contribution in [0, 0.1) is 5.82 Å². The molecule has 0 aliphatic carbocycles. The number of aliphatic hydroxyl groups is 1. The first-order valence-electron chi connectivity index (χ1n) is 7.72. The summed E-state index contributed by atoms with van der Waals surface area (Å²) in [5, 5.41) is 14.2. The van der Waals surface area contributed by atoms with Crippen molar-refractivity contribution in [3.63, 3.8) is 0 Å². The fraction of sp³-hybridized carbons (Fsp3) is 0.294. The van der Waals surface area contributed by atoms with Gasteiger partial charge in [0.05, 0.1) is 16.9 Å². The maximum atomic E-state index is 14.1. The molecule has 0 bridgehead atoms. The van der Waals surface area contributed by atoms with E-state index in [4.69, 9.17) is 5.11 Å². The standard InChI is InChI=1S/C17H20FN3O3/c1-2-11-4-5-14(13(18)8-11)21-15-9-16(23)20-10-12(15)17(24)19-6-3-7-22/h4-5,8-10,22H,2-3,6-7H2,1H3,(H,19,24)(H2,20,21,23). The van der Waals surface area contributed by atoms with Crippen LogP contribution in [-0.2, 0) is 6.42 Å². The van der Waals surface area contributed by atoms with E-state index < -0.39 is 17.3 Å². The Bertz CT molecular complexity index is 774. The van der Waals surface area contributed by atoms with Crippen molar-refractivity contribution in [2.24, 2.45) is 0 Å². The summed E-state index contributed by atoms with van der Waals surface area (Å²) < 4.78 is 14.1. The molecule has 128 valence electrons. The van der Waals surface area contributed by atoms with Crippen molar-refractivity contribution in [2.45, 2.75) is 19.8 Å². The third-order valence-corrected chi connectivity index (χ3v) is 3.50. The minimum Gasteiger partial charge on any atom is -0.396 e. The highest BCUT2D eigenvalue weighted by molar-refractivity contribution is 5.99. The smallest absolute Gasteiger partial charge is 0.254 e. The average Bonchev–Trinajstić information content (AvgIpc) is 2.57. The number of carbonyl (C=O) groups excluding carboxylic acids is 1. The van der Waals surface area contributed by atoms with Crippen molar-refractivity contribution in [3.8, 4) is 0 Å². The van der Waals surface area contributed by atoms with Crippen LogP contribution in [0.15, 0.2) is 35.3 Å². The molecular formula is C17H20FN3O3. The molecule has 1 amide bonds. The van der Waals surface area contributed by atoms with Crippen LogP contribution in [0.5, 0.6) is 0 Å². The summed E-state index contributed by atoms with van der Waals surface area (Å²) in [6.07, 6.45) is 2.41. The average molecular weight is 333 g/mol. The number of hydrogen-bond acceptors (Lipinski definition) is 4. The molecule has 0 aliphatic rings. The molecule has 1 aromatic heterocycles. The topological polar surface area (TPSA) is 94.2 Å².